The largest absolute Gasteiger partial charge is 0.529 e. The summed E-state index contributed by atoms with van der Waals surface area (Å²) in [5.41, 5.74) is -0.174. The number of carbonyl (C=O) groups is 1. The molecular weight excluding hydrogens is 450 g/mol. The molecule has 0 atom stereocenters. The molecule has 0 saturated carbocycles. The SMILES string of the molecule is O=C([O-])N(c1cc(Cl)cc(Cl)c1)c1c(Cl)c(Cl)c(Cl)c(Cl)c1Cl. The Kier molecular flexibility index (Phi) is 6.07. The van der Waals surface area contributed by atoms with E-state index in [1.54, 1.807) is 0 Å². The Balaban J connectivity index is 2.81. The molecule has 0 spiro atoms. The zero-order valence-corrected chi connectivity index (χ0v) is 15.9. The molecule has 0 saturated heterocycles. The molecule has 2 aromatic rings. The van der Waals surface area contributed by atoms with E-state index in [0.29, 0.717) is 4.90 Å². The number of benzene rings is 2. The van der Waals surface area contributed by atoms with Crippen molar-refractivity contribution >= 4 is 98.7 Å². The van der Waals surface area contributed by atoms with Crippen molar-refractivity contribution in [2.75, 3.05) is 4.90 Å². The normalized spacial score (nSPS) is 10.7. The fourth-order valence-electron chi connectivity index (χ4n) is 1.78. The molecule has 0 aliphatic heterocycles. The zero-order valence-electron chi connectivity index (χ0n) is 10.6. The van der Waals surface area contributed by atoms with Crippen LogP contribution in [-0.4, -0.2) is 6.09 Å². The predicted octanol–water partition coefficient (Wildman–Crippen LogP) is 6.74. The Morgan fingerprint density at radius 1 is 0.739 bits per heavy atom. The zero-order chi connectivity index (χ0) is 17.5. The van der Waals surface area contributed by atoms with Gasteiger partial charge in [0.05, 0.1) is 36.5 Å². The molecule has 0 aromatic heterocycles. The highest BCUT2D eigenvalue weighted by Gasteiger charge is 2.25. The van der Waals surface area contributed by atoms with Gasteiger partial charge in [-0.05, 0) is 18.2 Å². The Hall–Kier alpha value is -0.260. The van der Waals surface area contributed by atoms with Crippen LogP contribution >= 0.6 is 81.2 Å². The Labute approximate surface area is 166 Å². The number of carboxylic acid groups (broad SMARTS) is 1. The van der Waals surface area contributed by atoms with Crippen molar-refractivity contribution in [3.05, 3.63) is 53.4 Å². The van der Waals surface area contributed by atoms with Crippen LogP contribution in [0.4, 0.5) is 16.2 Å². The van der Waals surface area contributed by atoms with Gasteiger partial charge in [-0.2, -0.15) is 0 Å². The lowest BCUT2D eigenvalue weighted by atomic mass is 10.2. The Morgan fingerprint density at radius 3 is 1.52 bits per heavy atom. The van der Waals surface area contributed by atoms with Crippen molar-refractivity contribution < 1.29 is 9.90 Å². The minimum absolute atomic E-state index is 0.0424. The van der Waals surface area contributed by atoms with Crippen LogP contribution in [0.3, 0.4) is 0 Å². The molecule has 10 heteroatoms. The van der Waals surface area contributed by atoms with Crippen molar-refractivity contribution in [2.24, 2.45) is 0 Å². The number of halogens is 7. The highest BCUT2D eigenvalue weighted by Crippen LogP contribution is 2.50. The summed E-state index contributed by atoms with van der Waals surface area (Å²) < 4.78 is 0. The summed E-state index contributed by atoms with van der Waals surface area (Å²) in [5, 5.41) is 11.2. The second-order valence-electron chi connectivity index (χ2n) is 4.15. The van der Waals surface area contributed by atoms with Crippen LogP contribution in [0.25, 0.3) is 0 Å². The maximum absolute atomic E-state index is 11.6. The topological polar surface area (TPSA) is 43.4 Å². The maximum Gasteiger partial charge on any atom is 0.146 e. The molecule has 2 rings (SSSR count). The van der Waals surface area contributed by atoms with Crippen molar-refractivity contribution in [1.29, 1.82) is 0 Å². The second-order valence-corrected chi connectivity index (χ2v) is 6.91. The number of amides is 1. The molecule has 0 unspecified atom stereocenters. The molecular formula is C13H3Cl7NO2-. The highest BCUT2D eigenvalue weighted by atomic mass is 35.5. The van der Waals surface area contributed by atoms with Gasteiger partial charge in [0.15, 0.2) is 0 Å². The summed E-state index contributed by atoms with van der Waals surface area (Å²) in [4.78, 5) is 12.3. The molecule has 2 aromatic carbocycles. The van der Waals surface area contributed by atoms with Crippen LogP contribution in [-0.2, 0) is 0 Å². The molecule has 0 aliphatic rings. The molecule has 23 heavy (non-hydrogen) atoms. The van der Waals surface area contributed by atoms with E-state index in [-0.39, 0.29) is 46.5 Å². The average Bonchev–Trinajstić information content (AvgIpc) is 2.46. The van der Waals surface area contributed by atoms with E-state index < -0.39 is 6.09 Å². The summed E-state index contributed by atoms with van der Waals surface area (Å²) in [7, 11) is 0. The van der Waals surface area contributed by atoms with Crippen molar-refractivity contribution in [1.82, 2.24) is 0 Å². The van der Waals surface area contributed by atoms with Gasteiger partial charge in [-0.1, -0.05) is 81.2 Å². The van der Waals surface area contributed by atoms with Crippen molar-refractivity contribution in [2.45, 2.75) is 0 Å². The van der Waals surface area contributed by atoms with Crippen LogP contribution in [0.15, 0.2) is 18.2 Å². The molecule has 3 nitrogen and oxygen atoms in total. The molecule has 0 radical (unpaired) electrons. The van der Waals surface area contributed by atoms with E-state index in [1.165, 1.54) is 18.2 Å². The van der Waals surface area contributed by atoms with Crippen LogP contribution < -0.4 is 10.0 Å². The van der Waals surface area contributed by atoms with Gasteiger partial charge in [-0.3, -0.25) is 4.90 Å². The van der Waals surface area contributed by atoms with E-state index in [1.807, 2.05) is 0 Å². The van der Waals surface area contributed by atoms with Crippen molar-refractivity contribution in [3.63, 3.8) is 0 Å². The van der Waals surface area contributed by atoms with E-state index in [0.717, 1.165) is 0 Å². The first-order chi connectivity index (χ1) is 10.6. The van der Waals surface area contributed by atoms with Gasteiger partial charge in [-0.25, -0.2) is 0 Å². The number of anilines is 2. The van der Waals surface area contributed by atoms with Gasteiger partial charge in [0.2, 0.25) is 0 Å². The van der Waals surface area contributed by atoms with Crippen LogP contribution in [0.1, 0.15) is 0 Å². The number of rotatable bonds is 2. The molecule has 122 valence electrons. The number of carbonyl (C=O) groups excluding carboxylic acids is 1. The summed E-state index contributed by atoms with van der Waals surface area (Å²) in [6.45, 7) is 0. The molecule has 1 amide bonds. The van der Waals surface area contributed by atoms with E-state index >= 15 is 0 Å². The van der Waals surface area contributed by atoms with E-state index in [4.69, 9.17) is 81.2 Å². The minimum Gasteiger partial charge on any atom is -0.529 e. The first kappa shape index (κ1) is 19.1. The minimum atomic E-state index is -1.65. The maximum atomic E-state index is 11.6. The lowest BCUT2D eigenvalue weighted by Crippen LogP contribution is -2.38. The summed E-state index contributed by atoms with van der Waals surface area (Å²) in [6, 6.07) is 4.07. The van der Waals surface area contributed by atoms with Crippen LogP contribution in [0.2, 0.25) is 35.2 Å². The molecule has 0 bridgehead atoms. The van der Waals surface area contributed by atoms with Gasteiger partial charge < -0.3 is 9.90 Å². The first-order valence-corrected chi connectivity index (χ1v) is 8.28. The monoisotopic (exact) mass is 450 g/mol. The van der Waals surface area contributed by atoms with Crippen molar-refractivity contribution in [3.8, 4) is 0 Å². The fraction of sp³-hybridized carbons (Fsp3) is 0. The summed E-state index contributed by atoms with van der Waals surface area (Å²) in [5.74, 6) is 0. The fourth-order valence-corrected chi connectivity index (χ4v) is 3.60. The summed E-state index contributed by atoms with van der Waals surface area (Å²) in [6.07, 6.45) is -1.65. The van der Waals surface area contributed by atoms with E-state index in [2.05, 4.69) is 0 Å². The lowest BCUT2D eigenvalue weighted by molar-refractivity contribution is -0.245. The van der Waals surface area contributed by atoms with Gasteiger partial charge >= 0.3 is 0 Å². The number of hydrogen-bond donors (Lipinski definition) is 0. The summed E-state index contributed by atoms with van der Waals surface area (Å²) >= 11 is 41.8. The molecule has 0 fully saturated rings. The first-order valence-electron chi connectivity index (χ1n) is 5.63. The number of hydrogen-bond acceptors (Lipinski definition) is 2. The van der Waals surface area contributed by atoms with Crippen LogP contribution in [0.5, 0.6) is 0 Å². The number of nitrogens with zero attached hydrogens (tertiary/aromatic N) is 1. The van der Waals surface area contributed by atoms with Gasteiger partial charge in [0.1, 0.15) is 6.09 Å². The van der Waals surface area contributed by atoms with Gasteiger partial charge in [0, 0.05) is 10.0 Å². The standard InChI is InChI=1S/C13H4Cl7NO2/c14-4-1-5(15)3-6(2-4)21(13(22)23)12-10(19)8(17)7(16)9(18)11(12)20/h1-3H,(H,22,23)/p-1. The lowest BCUT2D eigenvalue weighted by Gasteiger charge is -2.28. The van der Waals surface area contributed by atoms with Gasteiger partial charge in [0.25, 0.3) is 0 Å². The smallest absolute Gasteiger partial charge is 0.146 e. The van der Waals surface area contributed by atoms with Gasteiger partial charge in [-0.15, -0.1) is 0 Å². The molecule has 0 heterocycles. The second kappa shape index (κ2) is 7.32. The Morgan fingerprint density at radius 2 is 1.13 bits per heavy atom. The van der Waals surface area contributed by atoms with E-state index in [9.17, 15) is 9.90 Å². The predicted molar refractivity (Wildman–Crippen MR) is 95.5 cm³/mol. The molecule has 0 N–H and O–H groups in total. The third-order valence-corrected chi connectivity index (χ3v) is 5.39. The third-order valence-electron chi connectivity index (χ3n) is 2.70. The molecule has 0 aliphatic carbocycles. The highest BCUT2D eigenvalue weighted by molar-refractivity contribution is 6.57. The average molecular weight is 453 g/mol. The third kappa shape index (κ3) is 3.72. The van der Waals surface area contributed by atoms with Crippen LogP contribution in [0, 0.1) is 0 Å². The Bertz CT molecular complexity index is 760. The quantitative estimate of drug-likeness (QED) is 0.373.